The zero-order valence-electron chi connectivity index (χ0n) is 9.87. The molecule has 3 nitrogen and oxygen atoms in total. The van der Waals surface area contributed by atoms with E-state index in [-0.39, 0.29) is 0 Å². The summed E-state index contributed by atoms with van der Waals surface area (Å²) in [7, 11) is 2.18. The minimum atomic E-state index is 0.838. The van der Waals surface area contributed by atoms with Gasteiger partial charge in [-0.1, -0.05) is 0 Å². The molecule has 0 aromatic heterocycles. The Labute approximate surface area is 93.2 Å². The van der Waals surface area contributed by atoms with Crippen LogP contribution in [0, 0.1) is 5.92 Å². The van der Waals surface area contributed by atoms with Gasteiger partial charge in [0.25, 0.3) is 0 Å². The van der Waals surface area contributed by atoms with Crippen molar-refractivity contribution in [1.29, 1.82) is 0 Å². The van der Waals surface area contributed by atoms with Gasteiger partial charge in [0, 0.05) is 32.3 Å². The Morgan fingerprint density at radius 3 is 2.67 bits per heavy atom. The third-order valence-corrected chi connectivity index (χ3v) is 3.17. The second-order valence-corrected chi connectivity index (χ2v) is 5.05. The quantitative estimate of drug-likeness (QED) is 0.579. The van der Waals surface area contributed by atoms with Gasteiger partial charge in [-0.25, -0.2) is 0 Å². The van der Waals surface area contributed by atoms with Crippen LogP contribution in [-0.4, -0.2) is 50.8 Å². The molecule has 2 aliphatic carbocycles. The topological polar surface area (TPSA) is 24.5 Å². The molecule has 0 atom stereocenters. The van der Waals surface area contributed by atoms with E-state index in [0.717, 1.165) is 44.8 Å². The Morgan fingerprint density at radius 2 is 2.00 bits per heavy atom. The molecule has 88 valence electrons. The van der Waals surface area contributed by atoms with E-state index in [9.17, 15) is 0 Å². The molecule has 0 radical (unpaired) electrons. The number of likely N-dealkylation sites (N-methyl/N-ethyl adjacent to an activating group) is 1. The lowest BCUT2D eigenvalue weighted by Crippen LogP contribution is -2.32. The third kappa shape index (κ3) is 5.50. The predicted molar refractivity (Wildman–Crippen MR) is 62.1 cm³/mol. The molecular formula is C12H24N2O. The number of nitrogens with zero attached hydrogens (tertiary/aromatic N) is 1. The summed E-state index contributed by atoms with van der Waals surface area (Å²) in [6.45, 7) is 5.23. The van der Waals surface area contributed by atoms with Crippen molar-refractivity contribution in [1.82, 2.24) is 10.2 Å². The van der Waals surface area contributed by atoms with E-state index in [1.165, 1.54) is 25.7 Å². The molecule has 0 spiro atoms. The molecule has 0 saturated heterocycles. The molecule has 0 aliphatic heterocycles. The number of hydrogen-bond donors (Lipinski definition) is 1. The van der Waals surface area contributed by atoms with Gasteiger partial charge in [-0.2, -0.15) is 0 Å². The van der Waals surface area contributed by atoms with Crippen molar-refractivity contribution in [3.8, 4) is 0 Å². The SMILES string of the molecule is CN(CCNC1CC1)CCOCC1CC1. The van der Waals surface area contributed by atoms with E-state index < -0.39 is 0 Å². The lowest BCUT2D eigenvalue weighted by molar-refractivity contribution is 0.104. The van der Waals surface area contributed by atoms with Gasteiger partial charge in [0.2, 0.25) is 0 Å². The second-order valence-electron chi connectivity index (χ2n) is 5.05. The van der Waals surface area contributed by atoms with Crippen LogP contribution >= 0.6 is 0 Å². The fourth-order valence-electron chi connectivity index (χ4n) is 1.61. The summed E-state index contributed by atoms with van der Waals surface area (Å²) in [5, 5.41) is 3.52. The monoisotopic (exact) mass is 212 g/mol. The van der Waals surface area contributed by atoms with Crippen LogP contribution in [0.1, 0.15) is 25.7 Å². The molecule has 0 unspecified atom stereocenters. The number of hydrogen-bond acceptors (Lipinski definition) is 3. The highest BCUT2D eigenvalue weighted by Gasteiger charge is 2.21. The summed E-state index contributed by atoms with van der Waals surface area (Å²) in [5.74, 6) is 0.895. The normalized spacial score (nSPS) is 21.2. The second kappa shape index (κ2) is 5.83. The first-order chi connectivity index (χ1) is 7.34. The summed E-state index contributed by atoms with van der Waals surface area (Å²) < 4.78 is 5.61. The van der Waals surface area contributed by atoms with Crippen LogP contribution in [0.2, 0.25) is 0 Å². The first kappa shape index (κ1) is 11.4. The van der Waals surface area contributed by atoms with Crippen LogP contribution in [0.5, 0.6) is 0 Å². The van der Waals surface area contributed by atoms with Crippen LogP contribution in [0.15, 0.2) is 0 Å². The van der Waals surface area contributed by atoms with E-state index in [0.29, 0.717) is 0 Å². The van der Waals surface area contributed by atoms with Crippen molar-refractivity contribution < 1.29 is 4.74 Å². The third-order valence-electron chi connectivity index (χ3n) is 3.17. The zero-order valence-corrected chi connectivity index (χ0v) is 9.87. The Morgan fingerprint density at radius 1 is 1.20 bits per heavy atom. The van der Waals surface area contributed by atoms with Gasteiger partial charge in [0.15, 0.2) is 0 Å². The van der Waals surface area contributed by atoms with Crippen LogP contribution in [-0.2, 0) is 4.74 Å². The molecule has 1 N–H and O–H groups in total. The maximum absolute atomic E-state index is 5.61. The molecule has 0 aromatic rings. The average Bonchev–Trinajstić information content (AvgIpc) is 3.06. The molecule has 3 heteroatoms. The van der Waals surface area contributed by atoms with Crippen LogP contribution in [0.3, 0.4) is 0 Å². The summed E-state index contributed by atoms with van der Waals surface area (Å²) in [6, 6.07) is 0.838. The van der Waals surface area contributed by atoms with E-state index >= 15 is 0 Å². The highest BCUT2D eigenvalue weighted by molar-refractivity contribution is 4.80. The van der Waals surface area contributed by atoms with Crippen LogP contribution < -0.4 is 5.32 Å². The van der Waals surface area contributed by atoms with Gasteiger partial charge in [0.05, 0.1) is 6.61 Å². The molecule has 2 aliphatic rings. The Kier molecular flexibility index (Phi) is 4.42. The first-order valence-corrected chi connectivity index (χ1v) is 6.34. The van der Waals surface area contributed by atoms with Gasteiger partial charge >= 0.3 is 0 Å². The lowest BCUT2D eigenvalue weighted by atomic mass is 10.4. The minimum Gasteiger partial charge on any atom is -0.380 e. The highest BCUT2D eigenvalue weighted by atomic mass is 16.5. The standard InChI is InChI=1S/C12H24N2O/c1-14(7-6-13-12-4-5-12)8-9-15-10-11-2-3-11/h11-13H,2-10H2,1H3. The molecule has 2 saturated carbocycles. The largest absolute Gasteiger partial charge is 0.380 e. The Balaban J connectivity index is 1.35. The number of rotatable bonds is 9. The van der Waals surface area contributed by atoms with Gasteiger partial charge in [0.1, 0.15) is 0 Å². The fourth-order valence-corrected chi connectivity index (χ4v) is 1.61. The molecule has 2 fully saturated rings. The smallest absolute Gasteiger partial charge is 0.0593 e. The van der Waals surface area contributed by atoms with Crippen molar-refractivity contribution in [2.45, 2.75) is 31.7 Å². The van der Waals surface area contributed by atoms with E-state index in [1.54, 1.807) is 0 Å². The van der Waals surface area contributed by atoms with Gasteiger partial charge < -0.3 is 15.0 Å². The van der Waals surface area contributed by atoms with Crippen molar-refractivity contribution >= 4 is 0 Å². The maximum Gasteiger partial charge on any atom is 0.0593 e. The summed E-state index contributed by atoms with van der Waals surface area (Å²) >= 11 is 0. The van der Waals surface area contributed by atoms with Crippen molar-refractivity contribution in [3.63, 3.8) is 0 Å². The van der Waals surface area contributed by atoms with E-state index in [2.05, 4.69) is 17.3 Å². The van der Waals surface area contributed by atoms with Crippen LogP contribution in [0.4, 0.5) is 0 Å². The van der Waals surface area contributed by atoms with Crippen molar-refractivity contribution in [3.05, 3.63) is 0 Å². The van der Waals surface area contributed by atoms with E-state index in [1.807, 2.05) is 0 Å². The molecular weight excluding hydrogens is 188 g/mol. The summed E-state index contributed by atoms with van der Waals surface area (Å²) in [4.78, 5) is 2.35. The van der Waals surface area contributed by atoms with E-state index in [4.69, 9.17) is 4.74 Å². The highest BCUT2D eigenvalue weighted by Crippen LogP contribution is 2.28. The summed E-state index contributed by atoms with van der Waals surface area (Å²) in [5.41, 5.74) is 0. The molecule has 0 aromatic carbocycles. The molecule has 2 rings (SSSR count). The number of nitrogens with one attached hydrogen (secondary N) is 1. The predicted octanol–water partition coefficient (Wildman–Crippen LogP) is 1.10. The Bertz CT molecular complexity index is 178. The lowest BCUT2D eigenvalue weighted by Gasteiger charge is -2.16. The van der Waals surface area contributed by atoms with Gasteiger partial charge in [-0.05, 0) is 38.6 Å². The number of ether oxygens (including phenoxy) is 1. The molecule has 0 heterocycles. The van der Waals surface area contributed by atoms with Crippen LogP contribution in [0.25, 0.3) is 0 Å². The maximum atomic E-state index is 5.61. The molecule has 15 heavy (non-hydrogen) atoms. The summed E-state index contributed by atoms with van der Waals surface area (Å²) in [6.07, 6.45) is 5.55. The molecule has 0 bridgehead atoms. The van der Waals surface area contributed by atoms with Gasteiger partial charge in [-0.3, -0.25) is 0 Å². The van der Waals surface area contributed by atoms with Gasteiger partial charge in [-0.15, -0.1) is 0 Å². The van der Waals surface area contributed by atoms with Crippen molar-refractivity contribution in [2.24, 2.45) is 5.92 Å². The fraction of sp³-hybridized carbons (Fsp3) is 1.00. The zero-order chi connectivity index (χ0) is 10.5. The first-order valence-electron chi connectivity index (χ1n) is 6.34. The average molecular weight is 212 g/mol. The van der Waals surface area contributed by atoms with Crippen molar-refractivity contribution in [2.75, 3.05) is 39.9 Å². The molecule has 0 amide bonds. The minimum absolute atomic E-state index is 0.838. The Hall–Kier alpha value is -0.120.